The number of benzene rings is 2. The zero-order valence-corrected chi connectivity index (χ0v) is 20.5. The van der Waals surface area contributed by atoms with Gasteiger partial charge in [-0.3, -0.25) is 24.4 Å². The number of methoxy groups -OCH3 is 1. The smallest absolute Gasteiger partial charge is 0.292 e. The van der Waals surface area contributed by atoms with Crippen LogP contribution in [0.2, 0.25) is 0 Å². The third-order valence-corrected chi connectivity index (χ3v) is 6.94. The van der Waals surface area contributed by atoms with E-state index in [0.717, 1.165) is 43.2 Å². The minimum Gasteiger partial charge on any atom is -0.497 e. The van der Waals surface area contributed by atoms with Gasteiger partial charge in [-0.05, 0) is 63.2 Å². The molecule has 1 amide bonds. The molecule has 1 N–H and O–H groups in total. The number of thioether (sulfide) groups is 1. The molecule has 1 aliphatic heterocycles. The van der Waals surface area contributed by atoms with Crippen LogP contribution in [-0.2, 0) is 4.79 Å². The van der Waals surface area contributed by atoms with Crippen molar-refractivity contribution in [1.29, 1.82) is 0 Å². The number of amides is 1. The highest BCUT2D eigenvalue weighted by Gasteiger charge is 2.26. The number of aromatic nitrogens is 3. The van der Waals surface area contributed by atoms with Gasteiger partial charge in [0.25, 0.3) is 5.69 Å². The maximum atomic E-state index is 12.6. The van der Waals surface area contributed by atoms with Gasteiger partial charge in [0.2, 0.25) is 5.91 Å². The first-order valence-corrected chi connectivity index (χ1v) is 12.5. The summed E-state index contributed by atoms with van der Waals surface area (Å²) in [6, 6.07) is 13.8. The van der Waals surface area contributed by atoms with Crippen LogP contribution in [0.5, 0.6) is 5.75 Å². The van der Waals surface area contributed by atoms with Gasteiger partial charge in [-0.25, -0.2) is 0 Å². The highest BCUT2D eigenvalue weighted by molar-refractivity contribution is 7.99. The van der Waals surface area contributed by atoms with E-state index in [2.05, 4.69) is 27.3 Å². The fourth-order valence-corrected chi connectivity index (χ4v) is 4.90. The van der Waals surface area contributed by atoms with Crippen molar-refractivity contribution in [2.24, 2.45) is 0 Å². The summed E-state index contributed by atoms with van der Waals surface area (Å²) < 4.78 is 7.27. The monoisotopic (exact) mass is 496 g/mol. The molecule has 10 nitrogen and oxygen atoms in total. The average Bonchev–Trinajstić information content (AvgIpc) is 3.31. The van der Waals surface area contributed by atoms with Crippen LogP contribution in [0.1, 0.15) is 38.1 Å². The molecular weight excluding hydrogens is 468 g/mol. The maximum Gasteiger partial charge on any atom is 0.292 e. The van der Waals surface area contributed by atoms with Gasteiger partial charge >= 0.3 is 0 Å². The number of para-hydroxylation sites is 2. The Morgan fingerprint density at radius 1 is 1.14 bits per heavy atom. The molecule has 4 rings (SSSR count). The molecule has 0 aliphatic carbocycles. The molecular formula is C24H28N6O4S. The van der Waals surface area contributed by atoms with Crippen molar-refractivity contribution in [3.8, 4) is 11.4 Å². The number of nitrogens with one attached hydrogen (secondary N) is 1. The first-order valence-electron chi connectivity index (χ1n) is 11.5. The second-order valence-corrected chi connectivity index (χ2v) is 9.20. The number of rotatable bonds is 9. The normalized spacial score (nSPS) is 14.9. The Balaban J connectivity index is 1.56. The number of hydrogen-bond acceptors (Lipinski definition) is 8. The highest BCUT2D eigenvalue weighted by atomic mass is 32.2. The Morgan fingerprint density at radius 3 is 2.54 bits per heavy atom. The Morgan fingerprint density at radius 2 is 1.86 bits per heavy atom. The summed E-state index contributed by atoms with van der Waals surface area (Å²) in [6.07, 6.45) is 3.56. The topological polar surface area (TPSA) is 115 Å². The van der Waals surface area contributed by atoms with Crippen LogP contribution in [0.25, 0.3) is 5.69 Å². The molecule has 1 aromatic heterocycles. The molecule has 11 heteroatoms. The molecule has 35 heavy (non-hydrogen) atoms. The molecule has 1 saturated heterocycles. The van der Waals surface area contributed by atoms with Gasteiger partial charge in [-0.2, -0.15) is 0 Å². The number of anilines is 1. The van der Waals surface area contributed by atoms with Crippen LogP contribution in [0.4, 0.5) is 11.4 Å². The first-order chi connectivity index (χ1) is 17.0. The highest BCUT2D eigenvalue weighted by Crippen LogP contribution is 2.30. The fourth-order valence-electron chi connectivity index (χ4n) is 4.14. The fraction of sp³-hybridized carbons (Fsp3) is 0.375. The van der Waals surface area contributed by atoms with Crippen molar-refractivity contribution < 1.29 is 14.5 Å². The second-order valence-electron chi connectivity index (χ2n) is 8.26. The van der Waals surface area contributed by atoms with Crippen LogP contribution in [-0.4, -0.2) is 56.4 Å². The Labute approximate surface area is 207 Å². The lowest BCUT2D eigenvalue weighted by atomic mass is 10.1. The Kier molecular flexibility index (Phi) is 7.98. The van der Waals surface area contributed by atoms with Crippen molar-refractivity contribution in [2.75, 3.05) is 31.3 Å². The van der Waals surface area contributed by atoms with E-state index in [4.69, 9.17) is 4.74 Å². The predicted octanol–water partition coefficient (Wildman–Crippen LogP) is 4.46. The SMILES string of the molecule is COc1ccc(-n2c(SCC(=O)Nc3ccccc3[N+](=O)[O-])nnc2[C@H](C)N2CCCCC2)cc1. The third-order valence-electron chi connectivity index (χ3n) is 6.01. The zero-order valence-electron chi connectivity index (χ0n) is 19.7. The number of likely N-dealkylation sites (tertiary alicyclic amines) is 1. The second kappa shape index (κ2) is 11.3. The van der Waals surface area contributed by atoms with Gasteiger partial charge in [-0.1, -0.05) is 30.3 Å². The van der Waals surface area contributed by atoms with Crippen LogP contribution in [0.3, 0.4) is 0 Å². The number of nitro benzene ring substituents is 1. The van der Waals surface area contributed by atoms with Crippen molar-refractivity contribution in [3.05, 3.63) is 64.5 Å². The van der Waals surface area contributed by atoms with Crippen molar-refractivity contribution in [2.45, 2.75) is 37.4 Å². The largest absolute Gasteiger partial charge is 0.497 e. The average molecular weight is 497 g/mol. The lowest BCUT2D eigenvalue weighted by Crippen LogP contribution is -2.33. The number of carbonyl (C=O) groups excluding carboxylic acids is 1. The number of ether oxygens (including phenoxy) is 1. The Bertz CT molecular complexity index is 1180. The molecule has 0 bridgehead atoms. The number of piperidine rings is 1. The standard InChI is InChI=1S/C24H28N6O4S/c1-17(28-14-6-3-7-15-28)23-26-27-24(29(23)18-10-12-19(34-2)13-11-18)35-16-22(31)25-20-8-4-5-9-21(20)30(32)33/h4-5,8-13,17H,3,6-7,14-16H2,1-2H3,(H,25,31)/t17-/m0/s1. The van der Waals surface area contributed by atoms with Gasteiger partial charge in [-0.15, -0.1) is 10.2 Å². The van der Waals surface area contributed by atoms with E-state index in [-0.39, 0.29) is 29.1 Å². The van der Waals surface area contributed by atoms with Gasteiger partial charge in [0.15, 0.2) is 11.0 Å². The van der Waals surface area contributed by atoms with Crippen molar-refractivity contribution in [3.63, 3.8) is 0 Å². The number of nitro groups is 1. The summed E-state index contributed by atoms with van der Waals surface area (Å²) in [6.45, 7) is 4.15. The molecule has 1 atom stereocenters. The van der Waals surface area contributed by atoms with E-state index in [1.54, 1.807) is 19.2 Å². The molecule has 1 aliphatic rings. The van der Waals surface area contributed by atoms with E-state index < -0.39 is 4.92 Å². The summed E-state index contributed by atoms with van der Waals surface area (Å²) in [7, 11) is 1.62. The van der Waals surface area contributed by atoms with E-state index >= 15 is 0 Å². The molecule has 2 aromatic carbocycles. The number of hydrogen-bond donors (Lipinski definition) is 1. The number of nitrogens with zero attached hydrogens (tertiary/aromatic N) is 5. The summed E-state index contributed by atoms with van der Waals surface area (Å²) in [5.74, 6) is 1.21. The van der Waals surface area contributed by atoms with E-state index in [9.17, 15) is 14.9 Å². The third kappa shape index (κ3) is 5.80. The van der Waals surface area contributed by atoms with E-state index in [1.165, 1.54) is 30.3 Å². The van der Waals surface area contributed by atoms with Crippen LogP contribution in [0.15, 0.2) is 53.7 Å². The van der Waals surface area contributed by atoms with E-state index in [0.29, 0.717) is 5.16 Å². The van der Waals surface area contributed by atoms with Crippen LogP contribution < -0.4 is 10.1 Å². The summed E-state index contributed by atoms with van der Waals surface area (Å²) in [4.78, 5) is 25.8. The lowest BCUT2D eigenvalue weighted by molar-refractivity contribution is -0.383. The summed E-state index contributed by atoms with van der Waals surface area (Å²) >= 11 is 1.24. The van der Waals surface area contributed by atoms with Gasteiger partial charge in [0, 0.05) is 11.8 Å². The van der Waals surface area contributed by atoms with Crippen molar-refractivity contribution >= 4 is 29.0 Å². The molecule has 2 heterocycles. The van der Waals surface area contributed by atoms with Crippen molar-refractivity contribution in [1.82, 2.24) is 19.7 Å². The predicted molar refractivity (Wildman–Crippen MR) is 134 cm³/mol. The van der Waals surface area contributed by atoms with E-state index in [1.807, 2.05) is 28.8 Å². The molecule has 3 aromatic rings. The number of carbonyl (C=O) groups is 1. The zero-order chi connectivity index (χ0) is 24.8. The Hall–Kier alpha value is -3.44. The van der Waals surface area contributed by atoms with Crippen LogP contribution in [0, 0.1) is 10.1 Å². The first kappa shape index (κ1) is 24.7. The van der Waals surface area contributed by atoms with Crippen LogP contribution >= 0.6 is 11.8 Å². The molecule has 1 fully saturated rings. The molecule has 0 saturated carbocycles. The van der Waals surface area contributed by atoms with Gasteiger partial charge in [0.1, 0.15) is 11.4 Å². The quantitative estimate of drug-likeness (QED) is 0.262. The summed E-state index contributed by atoms with van der Waals surface area (Å²) in [5, 5.41) is 23.4. The van der Waals surface area contributed by atoms with Gasteiger partial charge in [0.05, 0.1) is 23.8 Å². The lowest BCUT2D eigenvalue weighted by Gasteiger charge is -2.31. The maximum absolute atomic E-state index is 12.6. The summed E-state index contributed by atoms with van der Waals surface area (Å²) in [5.41, 5.74) is 0.889. The minimum absolute atomic E-state index is 0.0262. The molecule has 0 spiro atoms. The molecule has 0 radical (unpaired) electrons. The minimum atomic E-state index is -0.517. The molecule has 0 unspecified atom stereocenters. The van der Waals surface area contributed by atoms with Gasteiger partial charge < -0.3 is 10.1 Å². The molecule has 184 valence electrons.